The van der Waals surface area contributed by atoms with Crippen molar-refractivity contribution in [3.05, 3.63) is 63.3 Å². The highest BCUT2D eigenvalue weighted by atomic mass is 16.4. The predicted octanol–water partition coefficient (Wildman–Crippen LogP) is 6.62. The maximum Gasteiger partial charge on any atom is 0.339 e. The Balaban J connectivity index is 1.64. The summed E-state index contributed by atoms with van der Waals surface area (Å²) in [5, 5.41) is 0. The van der Waals surface area contributed by atoms with Crippen LogP contribution in [-0.2, 0) is 9.59 Å². The van der Waals surface area contributed by atoms with Crippen LogP contribution < -0.4 is 5.63 Å². The van der Waals surface area contributed by atoms with Crippen LogP contribution in [0.25, 0.3) is 5.57 Å². The third-order valence-corrected chi connectivity index (χ3v) is 9.52. The summed E-state index contributed by atoms with van der Waals surface area (Å²) in [5.41, 5.74) is 2.64. The first-order valence-electron chi connectivity index (χ1n) is 12.6. The van der Waals surface area contributed by atoms with E-state index < -0.39 is 0 Å². The van der Waals surface area contributed by atoms with Gasteiger partial charge in [-0.2, -0.15) is 0 Å². The maximum atomic E-state index is 13.4. The molecular formula is C30H38O4. The number of hydrogen-bond acceptors (Lipinski definition) is 4. The van der Waals surface area contributed by atoms with Crippen molar-refractivity contribution in [2.24, 2.45) is 28.1 Å². The van der Waals surface area contributed by atoms with Crippen molar-refractivity contribution in [3.63, 3.8) is 0 Å². The van der Waals surface area contributed by atoms with E-state index in [1.54, 1.807) is 13.0 Å². The molecule has 3 aliphatic rings. The number of ketones is 2. The van der Waals surface area contributed by atoms with Crippen LogP contribution in [0.1, 0.15) is 85.0 Å². The van der Waals surface area contributed by atoms with Crippen molar-refractivity contribution in [1.82, 2.24) is 0 Å². The van der Waals surface area contributed by atoms with Gasteiger partial charge in [-0.3, -0.25) is 9.59 Å². The highest BCUT2D eigenvalue weighted by Gasteiger charge is 2.64. The lowest BCUT2D eigenvalue weighted by Gasteiger charge is -2.60. The van der Waals surface area contributed by atoms with Crippen molar-refractivity contribution in [3.8, 4) is 0 Å². The molecule has 1 heterocycles. The summed E-state index contributed by atoms with van der Waals surface area (Å²) in [6, 6.07) is 3.58. The van der Waals surface area contributed by atoms with Gasteiger partial charge in [0.05, 0.1) is 0 Å². The molecule has 1 aromatic heterocycles. The molecule has 0 unspecified atom stereocenters. The second kappa shape index (κ2) is 8.32. The van der Waals surface area contributed by atoms with Crippen LogP contribution in [0, 0.1) is 35.0 Å². The van der Waals surface area contributed by atoms with E-state index in [0.717, 1.165) is 36.0 Å². The first-order valence-corrected chi connectivity index (χ1v) is 12.6. The van der Waals surface area contributed by atoms with Crippen LogP contribution in [0.3, 0.4) is 0 Å². The van der Waals surface area contributed by atoms with Crippen LogP contribution in [0.5, 0.6) is 0 Å². The molecule has 3 saturated carbocycles. The molecule has 0 bridgehead atoms. The maximum absolute atomic E-state index is 13.4. The third-order valence-electron chi connectivity index (χ3n) is 9.52. The summed E-state index contributed by atoms with van der Waals surface area (Å²) in [6.07, 6.45) is 9.90. The Morgan fingerprint density at radius 2 is 1.74 bits per heavy atom. The number of carbonyl (C=O) groups is 2. The quantitative estimate of drug-likeness (QED) is 0.374. The first kappa shape index (κ1) is 24.6. The predicted molar refractivity (Wildman–Crippen MR) is 135 cm³/mol. The van der Waals surface area contributed by atoms with Crippen molar-refractivity contribution in [1.29, 1.82) is 0 Å². The minimum absolute atomic E-state index is 0.00525. The van der Waals surface area contributed by atoms with Gasteiger partial charge in [-0.1, -0.05) is 45.9 Å². The molecule has 3 aliphatic carbocycles. The van der Waals surface area contributed by atoms with Gasteiger partial charge < -0.3 is 4.42 Å². The van der Waals surface area contributed by atoms with E-state index in [4.69, 9.17) is 4.42 Å². The summed E-state index contributed by atoms with van der Waals surface area (Å²) in [4.78, 5) is 37.9. The zero-order valence-electron chi connectivity index (χ0n) is 21.7. The topological polar surface area (TPSA) is 64.3 Å². The monoisotopic (exact) mass is 462 g/mol. The lowest BCUT2D eigenvalue weighted by Crippen LogP contribution is -2.56. The van der Waals surface area contributed by atoms with Gasteiger partial charge in [0.25, 0.3) is 0 Å². The Bertz CT molecular complexity index is 1190. The summed E-state index contributed by atoms with van der Waals surface area (Å²) in [5.74, 6) is 1.80. The Labute approximate surface area is 203 Å². The van der Waals surface area contributed by atoms with Crippen LogP contribution in [0.2, 0.25) is 0 Å². The van der Waals surface area contributed by atoms with Gasteiger partial charge in [0.15, 0.2) is 5.78 Å². The highest BCUT2D eigenvalue weighted by Crippen LogP contribution is 2.68. The molecule has 0 spiro atoms. The molecule has 0 radical (unpaired) electrons. The summed E-state index contributed by atoms with van der Waals surface area (Å²) in [6.45, 7) is 14.5. The molecule has 4 nitrogen and oxygen atoms in total. The second-order valence-corrected chi connectivity index (χ2v) is 11.9. The summed E-state index contributed by atoms with van der Waals surface area (Å²) in [7, 11) is 0. The number of fused-ring (bicyclic) bond motifs is 3. The highest BCUT2D eigenvalue weighted by molar-refractivity contribution is 6.01. The van der Waals surface area contributed by atoms with E-state index in [-0.39, 0.29) is 33.6 Å². The molecule has 0 N–H and O–H groups in total. The van der Waals surface area contributed by atoms with E-state index in [9.17, 15) is 14.4 Å². The molecule has 0 aromatic carbocycles. The lowest BCUT2D eigenvalue weighted by molar-refractivity contribution is -0.154. The average Bonchev–Trinajstić information content (AvgIpc) is 3.04. The van der Waals surface area contributed by atoms with Crippen molar-refractivity contribution in [2.45, 2.75) is 80.6 Å². The van der Waals surface area contributed by atoms with E-state index in [0.29, 0.717) is 35.9 Å². The number of rotatable bonds is 3. The normalized spacial score (nSPS) is 34.9. The number of carbonyl (C=O) groups excluding carboxylic acids is 2. The minimum Gasteiger partial charge on any atom is -0.423 e. The standard InChI is InChI=1S/C30H38O4/c1-18(22-12-11-20(3)27(33)34-22)9-8-10-19(2)26-21(31)17-24-29(6)16-14-25(32)28(4,5)23(29)13-15-30(24,26)7/h8-12,23-24H,13-17H2,1-7H3/b10-8?,18-9+,26-19?/t23-,24+,29-,30-/m0/s1. The number of Topliss-reactive ketones (excluding diaryl/α,β-unsaturated/α-hetero) is 2. The third kappa shape index (κ3) is 3.70. The fourth-order valence-corrected chi connectivity index (χ4v) is 7.58. The van der Waals surface area contributed by atoms with Gasteiger partial charge in [0, 0.05) is 34.8 Å². The van der Waals surface area contributed by atoms with E-state index >= 15 is 0 Å². The van der Waals surface area contributed by atoms with Crippen LogP contribution >= 0.6 is 0 Å². The van der Waals surface area contributed by atoms with Crippen molar-refractivity contribution in [2.75, 3.05) is 0 Å². The van der Waals surface area contributed by atoms with Crippen LogP contribution in [0.15, 0.2) is 50.7 Å². The number of hydrogen-bond donors (Lipinski definition) is 0. The zero-order chi connectivity index (χ0) is 25.1. The molecule has 3 fully saturated rings. The minimum atomic E-state index is -0.320. The fourth-order valence-electron chi connectivity index (χ4n) is 7.58. The van der Waals surface area contributed by atoms with Gasteiger partial charge in [-0.15, -0.1) is 0 Å². The van der Waals surface area contributed by atoms with Gasteiger partial charge in [0.2, 0.25) is 0 Å². The SMILES string of the molecule is CC(C=C/C=C(\C)c1ccc(C)c(=O)o1)=C1C(=O)C[C@@H]2[C@@]3(C)CCC(=O)C(C)(C)[C@@H]3CC[C@]12C. The fraction of sp³-hybridized carbons (Fsp3) is 0.567. The molecular weight excluding hydrogens is 424 g/mol. The van der Waals surface area contributed by atoms with E-state index in [1.165, 1.54) is 0 Å². The van der Waals surface area contributed by atoms with Crippen molar-refractivity contribution >= 4 is 17.1 Å². The van der Waals surface area contributed by atoms with E-state index in [2.05, 4.69) is 27.7 Å². The molecule has 4 atom stereocenters. The Morgan fingerprint density at radius 3 is 2.41 bits per heavy atom. The van der Waals surface area contributed by atoms with Crippen molar-refractivity contribution < 1.29 is 14.0 Å². The van der Waals surface area contributed by atoms with Crippen LogP contribution in [-0.4, -0.2) is 11.6 Å². The largest absolute Gasteiger partial charge is 0.423 e. The molecule has 34 heavy (non-hydrogen) atoms. The second-order valence-electron chi connectivity index (χ2n) is 11.9. The smallest absolute Gasteiger partial charge is 0.339 e. The van der Waals surface area contributed by atoms with Crippen LogP contribution in [0.4, 0.5) is 0 Å². The molecule has 182 valence electrons. The Hall–Kier alpha value is -2.49. The van der Waals surface area contributed by atoms with Gasteiger partial charge in [-0.05, 0) is 80.6 Å². The zero-order valence-corrected chi connectivity index (χ0v) is 21.7. The Kier molecular flexibility index (Phi) is 6.03. The molecule has 4 heteroatoms. The molecule has 4 rings (SSSR count). The van der Waals surface area contributed by atoms with E-state index in [1.807, 2.05) is 38.1 Å². The average molecular weight is 463 g/mol. The first-order chi connectivity index (χ1) is 15.8. The van der Waals surface area contributed by atoms with Gasteiger partial charge >= 0.3 is 5.63 Å². The molecule has 0 amide bonds. The number of allylic oxidation sites excluding steroid dienone is 6. The molecule has 1 aromatic rings. The molecule has 0 saturated heterocycles. The summed E-state index contributed by atoms with van der Waals surface area (Å²) < 4.78 is 5.37. The number of aryl methyl sites for hydroxylation is 1. The Morgan fingerprint density at radius 1 is 1.03 bits per heavy atom. The molecule has 0 aliphatic heterocycles. The van der Waals surface area contributed by atoms with Gasteiger partial charge in [-0.25, -0.2) is 4.79 Å². The van der Waals surface area contributed by atoms with Gasteiger partial charge in [0.1, 0.15) is 11.5 Å². The lowest BCUT2D eigenvalue weighted by atomic mass is 9.43. The summed E-state index contributed by atoms with van der Waals surface area (Å²) >= 11 is 0.